The van der Waals surface area contributed by atoms with Gasteiger partial charge >= 0.3 is 6.03 Å². The van der Waals surface area contributed by atoms with Gasteiger partial charge in [-0.15, -0.1) is 0 Å². The maximum atomic E-state index is 12.8. The highest BCUT2D eigenvalue weighted by Crippen LogP contribution is 2.33. The van der Waals surface area contributed by atoms with Gasteiger partial charge < -0.3 is 19.9 Å². The van der Waals surface area contributed by atoms with Crippen molar-refractivity contribution in [2.45, 2.75) is 13.0 Å². The highest BCUT2D eigenvalue weighted by atomic mass is 16.5. The van der Waals surface area contributed by atoms with Gasteiger partial charge in [0.15, 0.2) is 0 Å². The van der Waals surface area contributed by atoms with Gasteiger partial charge in [-0.05, 0) is 30.5 Å². The summed E-state index contributed by atoms with van der Waals surface area (Å²) in [5.41, 5.74) is 1.93. The number of para-hydroxylation sites is 2. The van der Waals surface area contributed by atoms with E-state index >= 15 is 0 Å². The highest BCUT2D eigenvalue weighted by molar-refractivity contribution is 6.01. The lowest BCUT2D eigenvalue weighted by atomic mass is 10.1. The van der Waals surface area contributed by atoms with E-state index in [1.807, 2.05) is 60.7 Å². The van der Waals surface area contributed by atoms with E-state index in [4.69, 9.17) is 4.74 Å². The maximum Gasteiger partial charge on any atom is 0.321 e. The van der Waals surface area contributed by atoms with Gasteiger partial charge in [-0.2, -0.15) is 0 Å². The van der Waals surface area contributed by atoms with E-state index in [0.717, 1.165) is 41.0 Å². The fourth-order valence-electron chi connectivity index (χ4n) is 3.71. The van der Waals surface area contributed by atoms with E-state index < -0.39 is 0 Å². The van der Waals surface area contributed by atoms with Crippen LogP contribution in [-0.2, 0) is 0 Å². The van der Waals surface area contributed by atoms with Crippen LogP contribution in [0.1, 0.15) is 6.92 Å². The first-order valence-corrected chi connectivity index (χ1v) is 9.66. The van der Waals surface area contributed by atoms with Crippen molar-refractivity contribution < 1.29 is 9.53 Å². The largest absolute Gasteiger partial charge is 0.485 e. The molecule has 0 saturated heterocycles. The second-order valence-corrected chi connectivity index (χ2v) is 7.08. The molecule has 0 aromatic heterocycles. The average Bonchev–Trinajstić information content (AvgIpc) is 2.73. The monoisotopic (exact) mass is 375 g/mol. The van der Waals surface area contributed by atoms with Crippen LogP contribution < -0.4 is 15.0 Å². The SMILES string of the molecule is CCN1C[C@@H](CN(C)C(=O)Nc2cccc3ccccc23)Oc2ccccc21. The van der Waals surface area contributed by atoms with Crippen molar-refractivity contribution in [1.29, 1.82) is 0 Å². The van der Waals surface area contributed by atoms with Crippen LogP contribution >= 0.6 is 0 Å². The third-order valence-electron chi connectivity index (χ3n) is 5.16. The minimum atomic E-state index is -0.137. The minimum absolute atomic E-state index is 0.0712. The zero-order valence-corrected chi connectivity index (χ0v) is 16.3. The lowest BCUT2D eigenvalue weighted by Gasteiger charge is -2.37. The standard InChI is InChI=1S/C23H25N3O2/c1-3-26-16-18(28-22-14-7-6-13-21(22)26)15-25(2)23(27)24-20-12-8-10-17-9-4-5-11-19(17)20/h4-14,18H,3,15-16H2,1-2H3,(H,24,27)/t18-/m1/s1. The van der Waals surface area contributed by atoms with Crippen LogP contribution in [0.25, 0.3) is 10.8 Å². The Bertz CT molecular complexity index is 983. The number of rotatable bonds is 4. The minimum Gasteiger partial charge on any atom is -0.485 e. The first-order valence-electron chi connectivity index (χ1n) is 9.66. The Kier molecular flexibility index (Phi) is 5.06. The summed E-state index contributed by atoms with van der Waals surface area (Å²) in [7, 11) is 1.81. The summed E-state index contributed by atoms with van der Waals surface area (Å²) in [6.45, 7) is 4.32. The number of likely N-dealkylation sites (N-methyl/N-ethyl adjacent to an activating group) is 2. The molecule has 3 aromatic carbocycles. The van der Waals surface area contributed by atoms with Crippen LogP contribution in [0, 0.1) is 0 Å². The van der Waals surface area contributed by atoms with E-state index in [1.165, 1.54) is 0 Å². The summed E-state index contributed by atoms with van der Waals surface area (Å²) >= 11 is 0. The van der Waals surface area contributed by atoms with Crippen molar-refractivity contribution in [2.24, 2.45) is 0 Å². The molecule has 0 bridgehead atoms. The fraction of sp³-hybridized carbons (Fsp3) is 0.261. The maximum absolute atomic E-state index is 12.8. The summed E-state index contributed by atoms with van der Waals surface area (Å²) in [6, 6.07) is 21.9. The molecule has 1 heterocycles. The molecule has 0 saturated carbocycles. The molecule has 3 aromatic rings. The molecule has 5 heteroatoms. The number of anilines is 2. The number of nitrogens with one attached hydrogen (secondary N) is 1. The second-order valence-electron chi connectivity index (χ2n) is 7.08. The lowest BCUT2D eigenvalue weighted by Crippen LogP contribution is -2.47. The molecule has 144 valence electrons. The molecule has 1 N–H and O–H groups in total. The number of benzene rings is 3. The molecule has 1 aliphatic heterocycles. The van der Waals surface area contributed by atoms with Crippen LogP contribution in [0.4, 0.5) is 16.2 Å². The van der Waals surface area contributed by atoms with Gasteiger partial charge in [-0.1, -0.05) is 48.5 Å². The molecule has 1 atom stereocenters. The molecule has 1 aliphatic rings. The Labute approximate surface area is 165 Å². The zero-order chi connectivity index (χ0) is 19.5. The van der Waals surface area contributed by atoms with Gasteiger partial charge in [-0.25, -0.2) is 4.79 Å². The molecule has 0 fully saturated rings. The molecule has 0 spiro atoms. The van der Waals surface area contributed by atoms with E-state index in [2.05, 4.69) is 23.2 Å². The Balaban J connectivity index is 1.45. The molecule has 4 rings (SSSR count). The van der Waals surface area contributed by atoms with Crippen molar-refractivity contribution in [1.82, 2.24) is 4.90 Å². The van der Waals surface area contributed by atoms with Crippen LogP contribution in [0.5, 0.6) is 5.75 Å². The molecule has 0 aliphatic carbocycles. The Morgan fingerprint density at radius 3 is 2.71 bits per heavy atom. The van der Waals surface area contributed by atoms with Crippen LogP contribution in [0.2, 0.25) is 0 Å². The van der Waals surface area contributed by atoms with Crippen molar-refractivity contribution in [3.63, 3.8) is 0 Å². The van der Waals surface area contributed by atoms with Crippen LogP contribution in [0.3, 0.4) is 0 Å². The third kappa shape index (κ3) is 3.60. The van der Waals surface area contributed by atoms with Crippen molar-refractivity contribution in [3.05, 3.63) is 66.7 Å². The first kappa shape index (κ1) is 18.2. The van der Waals surface area contributed by atoms with Gasteiger partial charge in [0.25, 0.3) is 0 Å². The predicted octanol–water partition coefficient (Wildman–Crippen LogP) is 4.59. The molecule has 0 radical (unpaired) electrons. The molecular formula is C23H25N3O2. The smallest absolute Gasteiger partial charge is 0.321 e. The number of hydrogen-bond donors (Lipinski definition) is 1. The van der Waals surface area contributed by atoms with Crippen LogP contribution in [-0.4, -0.2) is 43.7 Å². The quantitative estimate of drug-likeness (QED) is 0.725. The lowest BCUT2D eigenvalue weighted by molar-refractivity contribution is 0.150. The molecule has 0 unspecified atom stereocenters. The third-order valence-corrected chi connectivity index (χ3v) is 5.16. The first-order chi connectivity index (χ1) is 13.7. The van der Waals surface area contributed by atoms with Crippen molar-refractivity contribution in [2.75, 3.05) is 36.9 Å². The second kappa shape index (κ2) is 7.80. The summed E-state index contributed by atoms with van der Waals surface area (Å²) in [5.74, 6) is 0.878. The highest BCUT2D eigenvalue weighted by Gasteiger charge is 2.26. The van der Waals surface area contributed by atoms with Gasteiger partial charge in [0.2, 0.25) is 0 Å². The normalized spacial score (nSPS) is 15.6. The summed E-state index contributed by atoms with van der Waals surface area (Å²) in [4.78, 5) is 16.8. The number of carbonyl (C=O) groups excluding carboxylic acids is 1. The number of amides is 2. The van der Waals surface area contributed by atoms with E-state index in [-0.39, 0.29) is 12.1 Å². The van der Waals surface area contributed by atoms with Gasteiger partial charge in [0.05, 0.1) is 24.5 Å². The van der Waals surface area contributed by atoms with Crippen molar-refractivity contribution in [3.8, 4) is 5.75 Å². The number of ether oxygens (including phenoxy) is 1. The number of hydrogen-bond acceptors (Lipinski definition) is 3. The Morgan fingerprint density at radius 2 is 1.86 bits per heavy atom. The topological polar surface area (TPSA) is 44.8 Å². The summed E-state index contributed by atoms with van der Waals surface area (Å²) in [5, 5.41) is 5.18. The number of nitrogens with zero attached hydrogens (tertiary/aromatic N) is 2. The molecule has 2 amide bonds. The number of fused-ring (bicyclic) bond motifs is 2. The van der Waals surface area contributed by atoms with Gasteiger partial charge in [0.1, 0.15) is 11.9 Å². The Hall–Kier alpha value is -3.21. The number of carbonyl (C=O) groups is 1. The Morgan fingerprint density at radius 1 is 1.11 bits per heavy atom. The molecule has 28 heavy (non-hydrogen) atoms. The molecule has 5 nitrogen and oxygen atoms in total. The summed E-state index contributed by atoms with van der Waals surface area (Å²) in [6.07, 6.45) is -0.0712. The van der Waals surface area contributed by atoms with E-state index in [9.17, 15) is 4.79 Å². The summed E-state index contributed by atoms with van der Waals surface area (Å²) < 4.78 is 6.14. The average molecular weight is 375 g/mol. The number of urea groups is 1. The zero-order valence-electron chi connectivity index (χ0n) is 16.3. The molecular weight excluding hydrogens is 350 g/mol. The van der Waals surface area contributed by atoms with E-state index in [0.29, 0.717) is 6.54 Å². The van der Waals surface area contributed by atoms with Crippen molar-refractivity contribution >= 4 is 28.2 Å². The predicted molar refractivity (Wildman–Crippen MR) is 114 cm³/mol. The van der Waals surface area contributed by atoms with E-state index in [1.54, 1.807) is 11.9 Å². The van der Waals surface area contributed by atoms with Gasteiger partial charge in [0, 0.05) is 19.0 Å². The fourth-order valence-corrected chi connectivity index (χ4v) is 3.71. The van der Waals surface area contributed by atoms with Gasteiger partial charge in [-0.3, -0.25) is 0 Å². The van der Waals surface area contributed by atoms with Crippen LogP contribution in [0.15, 0.2) is 66.7 Å².